The van der Waals surface area contributed by atoms with Crippen LogP contribution >= 0.6 is 0 Å². The van der Waals surface area contributed by atoms with Gasteiger partial charge in [-0.25, -0.2) is 4.98 Å². The van der Waals surface area contributed by atoms with E-state index in [4.69, 9.17) is 4.74 Å². The Hall–Kier alpha value is -1.81. The average Bonchev–Trinajstić information content (AvgIpc) is 2.82. The first kappa shape index (κ1) is 13.6. The Kier molecular flexibility index (Phi) is 4.58. The molecule has 1 aromatic heterocycles. The maximum absolute atomic E-state index is 5.24. The minimum atomic E-state index is 0.912. The predicted molar refractivity (Wildman–Crippen MR) is 76.2 cm³/mol. The topological polar surface area (TPSA) is 30.3 Å². The Morgan fingerprint density at radius 2 is 2.21 bits per heavy atom. The van der Waals surface area contributed by atoms with E-state index in [-0.39, 0.29) is 0 Å². The van der Waals surface area contributed by atoms with Crippen molar-refractivity contribution in [3.05, 3.63) is 48.0 Å². The molecular weight excluding hydrogens is 238 g/mol. The van der Waals surface area contributed by atoms with Crippen LogP contribution in [0.15, 0.2) is 36.7 Å². The Morgan fingerprint density at radius 3 is 2.89 bits per heavy atom. The molecule has 0 fully saturated rings. The van der Waals surface area contributed by atoms with E-state index < -0.39 is 0 Å². The van der Waals surface area contributed by atoms with Crippen molar-refractivity contribution in [1.29, 1.82) is 0 Å². The van der Waals surface area contributed by atoms with Gasteiger partial charge in [-0.15, -0.1) is 0 Å². The summed E-state index contributed by atoms with van der Waals surface area (Å²) >= 11 is 0. The van der Waals surface area contributed by atoms with Crippen LogP contribution in [0.3, 0.4) is 0 Å². The van der Waals surface area contributed by atoms with Crippen LogP contribution in [0.2, 0.25) is 0 Å². The lowest BCUT2D eigenvalue weighted by Gasteiger charge is -2.16. The molecule has 4 heteroatoms. The third-order valence-corrected chi connectivity index (χ3v) is 3.22. The highest BCUT2D eigenvalue weighted by atomic mass is 16.5. The highest BCUT2D eigenvalue weighted by Gasteiger charge is 2.04. The first-order chi connectivity index (χ1) is 9.19. The number of hydrogen-bond acceptors (Lipinski definition) is 3. The van der Waals surface area contributed by atoms with Crippen molar-refractivity contribution in [3.63, 3.8) is 0 Å². The van der Waals surface area contributed by atoms with Crippen LogP contribution in [0.5, 0.6) is 5.75 Å². The lowest BCUT2D eigenvalue weighted by molar-refractivity contribution is 0.326. The van der Waals surface area contributed by atoms with E-state index in [0.717, 1.165) is 31.1 Å². The smallest absolute Gasteiger partial charge is 0.119 e. The summed E-state index contributed by atoms with van der Waals surface area (Å²) < 4.78 is 7.31. The van der Waals surface area contributed by atoms with Gasteiger partial charge in [0.25, 0.3) is 0 Å². The van der Waals surface area contributed by atoms with Crippen molar-refractivity contribution < 1.29 is 4.74 Å². The Balaban J connectivity index is 1.87. The maximum Gasteiger partial charge on any atom is 0.119 e. The van der Waals surface area contributed by atoms with Crippen LogP contribution in [0.4, 0.5) is 0 Å². The fraction of sp³-hybridized carbons (Fsp3) is 0.400. The molecule has 0 radical (unpaired) electrons. The molecule has 0 spiro atoms. The third-order valence-electron chi connectivity index (χ3n) is 3.22. The molecule has 4 nitrogen and oxygen atoms in total. The molecule has 0 aliphatic carbocycles. The number of nitrogens with zero attached hydrogens (tertiary/aromatic N) is 3. The summed E-state index contributed by atoms with van der Waals surface area (Å²) in [6.07, 6.45) is 4.79. The minimum absolute atomic E-state index is 0.912. The number of benzene rings is 1. The molecule has 0 saturated carbocycles. The Bertz CT molecular complexity index is 522. The first-order valence-electron chi connectivity index (χ1n) is 6.46. The predicted octanol–water partition coefficient (Wildman–Crippen LogP) is 2.10. The van der Waals surface area contributed by atoms with Crippen molar-refractivity contribution in [1.82, 2.24) is 14.5 Å². The zero-order chi connectivity index (χ0) is 13.7. The van der Waals surface area contributed by atoms with Gasteiger partial charge < -0.3 is 14.2 Å². The highest BCUT2D eigenvalue weighted by molar-refractivity contribution is 5.28. The minimum Gasteiger partial charge on any atom is -0.497 e. The summed E-state index contributed by atoms with van der Waals surface area (Å²) in [4.78, 5) is 6.63. The van der Waals surface area contributed by atoms with E-state index in [1.807, 2.05) is 31.6 Å². The second kappa shape index (κ2) is 6.38. The maximum atomic E-state index is 5.24. The molecule has 1 aromatic carbocycles. The van der Waals surface area contributed by atoms with Crippen LogP contribution in [0, 0.1) is 0 Å². The van der Waals surface area contributed by atoms with E-state index in [1.54, 1.807) is 7.11 Å². The molecule has 0 saturated heterocycles. The summed E-state index contributed by atoms with van der Waals surface area (Å²) in [5.74, 6) is 2.03. The lowest BCUT2D eigenvalue weighted by atomic mass is 10.2. The summed E-state index contributed by atoms with van der Waals surface area (Å²) in [7, 11) is 5.86. The van der Waals surface area contributed by atoms with Crippen molar-refractivity contribution in [3.8, 4) is 5.75 Å². The fourth-order valence-electron chi connectivity index (χ4n) is 2.09. The van der Waals surface area contributed by atoms with E-state index in [9.17, 15) is 0 Å². The molecule has 19 heavy (non-hydrogen) atoms. The van der Waals surface area contributed by atoms with E-state index in [0.29, 0.717) is 0 Å². The standard InChI is InChI=1S/C15H21N3O/c1-17(9-7-15-16-8-10-18(15)2)12-13-5-4-6-14(11-13)19-3/h4-6,8,10-11H,7,9,12H2,1-3H3. The molecule has 0 aliphatic heterocycles. The Morgan fingerprint density at radius 1 is 1.37 bits per heavy atom. The van der Waals surface area contributed by atoms with Gasteiger partial charge in [-0.1, -0.05) is 12.1 Å². The number of rotatable bonds is 6. The number of aromatic nitrogens is 2. The second-order valence-corrected chi connectivity index (χ2v) is 4.79. The normalized spacial score (nSPS) is 10.9. The van der Waals surface area contributed by atoms with Gasteiger partial charge in [0.1, 0.15) is 11.6 Å². The van der Waals surface area contributed by atoms with Crippen LogP contribution in [-0.4, -0.2) is 35.2 Å². The summed E-state index contributed by atoms with van der Waals surface area (Å²) in [6.45, 7) is 1.91. The van der Waals surface area contributed by atoms with Crippen molar-refractivity contribution in [2.75, 3.05) is 20.7 Å². The van der Waals surface area contributed by atoms with Gasteiger partial charge in [-0.2, -0.15) is 0 Å². The SMILES string of the molecule is COc1cccc(CN(C)CCc2nccn2C)c1. The number of methoxy groups -OCH3 is 1. The summed E-state index contributed by atoms with van der Waals surface area (Å²) in [5.41, 5.74) is 1.27. The number of ether oxygens (including phenoxy) is 1. The molecule has 0 unspecified atom stereocenters. The monoisotopic (exact) mass is 259 g/mol. The average molecular weight is 259 g/mol. The van der Waals surface area contributed by atoms with Gasteiger partial charge >= 0.3 is 0 Å². The summed E-state index contributed by atoms with van der Waals surface area (Å²) in [5, 5.41) is 0. The molecule has 0 aliphatic rings. The van der Waals surface area contributed by atoms with E-state index >= 15 is 0 Å². The van der Waals surface area contributed by atoms with E-state index in [1.165, 1.54) is 5.56 Å². The van der Waals surface area contributed by atoms with Crippen LogP contribution in [0.25, 0.3) is 0 Å². The largest absolute Gasteiger partial charge is 0.497 e. The molecule has 102 valence electrons. The number of likely N-dealkylation sites (N-methyl/N-ethyl adjacent to an activating group) is 1. The molecule has 1 heterocycles. The van der Waals surface area contributed by atoms with Gasteiger partial charge in [-0.3, -0.25) is 0 Å². The Labute approximate surface area is 114 Å². The van der Waals surface area contributed by atoms with Gasteiger partial charge in [-0.05, 0) is 24.7 Å². The molecule has 0 atom stereocenters. The molecule has 2 aromatic rings. The molecular formula is C15H21N3O. The van der Waals surface area contributed by atoms with Crippen molar-refractivity contribution in [2.45, 2.75) is 13.0 Å². The van der Waals surface area contributed by atoms with Gasteiger partial charge in [0.2, 0.25) is 0 Å². The number of hydrogen-bond donors (Lipinski definition) is 0. The van der Waals surface area contributed by atoms with Crippen LogP contribution < -0.4 is 4.74 Å². The zero-order valence-corrected chi connectivity index (χ0v) is 11.8. The highest BCUT2D eigenvalue weighted by Crippen LogP contribution is 2.13. The zero-order valence-electron chi connectivity index (χ0n) is 11.8. The lowest BCUT2D eigenvalue weighted by Crippen LogP contribution is -2.21. The number of aryl methyl sites for hydroxylation is 1. The van der Waals surface area contributed by atoms with Crippen molar-refractivity contribution >= 4 is 0 Å². The van der Waals surface area contributed by atoms with Gasteiger partial charge in [0.05, 0.1) is 7.11 Å². The molecule has 0 amide bonds. The fourth-order valence-corrected chi connectivity index (χ4v) is 2.09. The van der Waals surface area contributed by atoms with Crippen LogP contribution in [-0.2, 0) is 20.0 Å². The van der Waals surface area contributed by atoms with E-state index in [2.05, 4.69) is 33.6 Å². The van der Waals surface area contributed by atoms with Gasteiger partial charge in [0, 0.05) is 39.0 Å². The second-order valence-electron chi connectivity index (χ2n) is 4.79. The van der Waals surface area contributed by atoms with Crippen LogP contribution in [0.1, 0.15) is 11.4 Å². The van der Waals surface area contributed by atoms with Crippen molar-refractivity contribution in [2.24, 2.45) is 7.05 Å². The third kappa shape index (κ3) is 3.83. The number of imidazole rings is 1. The summed E-state index contributed by atoms with van der Waals surface area (Å²) in [6, 6.07) is 8.20. The molecule has 0 N–H and O–H groups in total. The van der Waals surface area contributed by atoms with Gasteiger partial charge in [0.15, 0.2) is 0 Å². The first-order valence-corrected chi connectivity index (χ1v) is 6.46. The quantitative estimate of drug-likeness (QED) is 0.796. The molecule has 2 rings (SSSR count). The molecule has 0 bridgehead atoms.